The van der Waals surface area contributed by atoms with E-state index in [0.717, 1.165) is 10.2 Å². The zero-order chi connectivity index (χ0) is 13.4. The third-order valence-electron chi connectivity index (χ3n) is 2.58. The summed E-state index contributed by atoms with van der Waals surface area (Å²) in [5, 5.41) is 28.0. The molecule has 2 aromatic rings. The molecule has 1 atom stereocenters. The predicted molar refractivity (Wildman–Crippen MR) is 64.8 cm³/mol. The third-order valence-corrected chi connectivity index (χ3v) is 2.58. The fourth-order valence-electron chi connectivity index (χ4n) is 1.69. The average Bonchev–Trinajstić information content (AvgIpc) is 2.85. The summed E-state index contributed by atoms with van der Waals surface area (Å²) in [5.74, 6) is -0.129. The van der Waals surface area contributed by atoms with Gasteiger partial charge in [-0.3, -0.25) is 0 Å². The molecule has 3 rings (SSSR count). The molecular weight excluding hydrogens is 252 g/mol. The Morgan fingerprint density at radius 2 is 2.11 bits per heavy atom. The van der Waals surface area contributed by atoms with E-state index in [1.807, 2.05) is 18.2 Å². The minimum atomic E-state index is -1.56. The smallest absolute Gasteiger partial charge is 0.362 e. The summed E-state index contributed by atoms with van der Waals surface area (Å²) >= 11 is 0. The Labute approximate surface area is 106 Å². The van der Waals surface area contributed by atoms with Crippen molar-refractivity contribution in [2.75, 3.05) is 5.43 Å². The van der Waals surface area contributed by atoms with Gasteiger partial charge in [-0.1, -0.05) is 30.3 Å². The van der Waals surface area contributed by atoms with E-state index in [2.05, 4.69) is 20.6 Å². The first kappa shape index (κ1) is 11.3. The summed E-state index contributed by atoms with van der Waals surface area (Å²) < 4.78 is 1.02. The molecule has 0 fully saturated rings. The van der Waals surface area contributed by atoms with Gasteiger partial charge >= 0.3 is 5.84 Å². The highest BCUT2D eigenvalue weighted by Crippen LogP contribution is 2.23. The van der Waals surface area contributed by atoms with E-state index in [0.29, 0.717) is 5.82 Å². The second-order valence-electron chi connectivity index (χ2n) is 3.78. The Balaban J connectivity index is 2.01. The van der Waals surface area contributed by atoms with Crippen molar-refractivity contribution in [3.8, 4) is 11.4 Å². The summed E-state index contributed by atoms with van der Waals surface area (Å²) in [6.07, 6.45) is -1.56. The van der Waals surface area contributed by atoms with Crippen molar-refractivity contribution < 1.29 is 10.0 Å². The lowest BCUT2D eigenvalue weighted by atomic mass is 10.2. The van der Waals surface area contributed by atoms with Crippen molar-refractivity contribution in [1.29, 1.82) is 0 Å². The Bertz CT molecular complexity index is 665. The second-order valence-corrected chi connectivity index (χ2v) is 3.78. The van der Waals surface area contributed by atoms with E-state index < -0.39 is 17.0 Å². The van der Waals surface area contributed by atoms with E-state index in [1.54, 1.807) is 12.1 Å². The quantitative estimate of drug-likeness (QED) is 0.567. The molecule has 2 N–H and O–H groups in total. The van der Waals surface area contributed by atoms with Crippen molar-refractivity contribution in [1.82, 2.24) is 14.8 Å². The van der Waals surface area contributed by atoms with Gasteiger partial charge in [-0.2, -0.15) is 9.67 Å². The lowest BCUT2D eigenvalue weighted by Crippen LogP contribution is -2.32. The highest BCUT2D eigenvalue weighted by atomic mass is 16.6. The lowest BCUT2D eigenvalue weighted by molar-refractivity contribution is -0.362. The maximum absolute atomic E-state index is 10.7. The maximum Gasteiger partial charge on any atom is 0.415 e. The van der Waals surface area contributed by atoms with Crippen LogP contribution in [-0.4, -0.2) is 30.6 Å². The summed E-state index contributed by atoms with van der Waals surface area (Å²) in [6.45, 7) is 0. The first-order valence-electron chi connectivity index (χ1n) is 5.35. The van der Waals surface area contributed by atoms with Crippen LogP contribution in [0, 0.1) is 10.1 Å². The second kappa shape index (κ2) is 4.14. The summed E-state index contributed by atoms with van der Waals surface area (Å²) in [5.41, 5.74) is 3.13. The molecular formula is C10H8N6O3. The normalized spacial score (nSPS) is 17.3. The van der Waals surface area contributed by atoms with E-state index >= 15 is 0 Å². The molecule has 2 heterocycles. The van der Waals surface area contributed by atoms with Crippen LogP contribution in [0.2, 0.25) is 0 Å². The van der Waals surface area contributed by atoms with Crippen LogP contribution >= 0.6 is 0 Å². The molecule has 19 heavy (non-hydrogen) atoms. The Morgan fingerprint density at radius 1 is 1.37 bits per heavy atom. The molecule has 1 aromatic carbocycles. The van der Waals surface area contributed by atoms with Gasteiger partial charge in [0.15, 0.2) is 5.82 Å². The lowest BCUT2D eigenvalue weighted by Gasteiger charge is -2.12. The number of nitrogens with one attached hydrogen (secondary N) is 1. The van der Waals surface area contributed by atoms with Gasteiger partial charge in [0.2, 0.25) is 0 Å². The highest BCUT2D eigenvalue weighted by Gasteiger charge is 2.35. The van der Waals surface area contributed by atoms with E-state index in [9.17, 15) is 15.2 Å². The molecule has 1 aliphatic rings. The van der Waals surface area contributed by atoms with E-state index in [4.69, 9.17) is 0 Å². The molecule has 0 bridgehead atoms. The number of rotatable bonds is 1. The number of hydrogen-bond donors (Lipinski definition) is 2. The number of amidine groups is 1. The standard InChI is InChI=1S/C10H8N6O3/c17-9-8(16(18)19)12-13-10-11-7(14-15(9)10)6-4-2-1-3-5-6/h1-5,9,17H,(H,11,13,14)/t9-/m0/s1. The van der Waals surface area contributed by atoms with Gasteiger partial charge < -0.3 is 15.2 Å². The number of aromatic nitrogens is 3. The molecule has 0 radical (unpaired) electrons. The third kappa shape index (κ3) is 1.81. The number of nitro groups is 1. The number of aliphatic hydroxyl groups is 1. The van der Waals surface area contributed by atoms with Crippen molar-refractivity contribution in [3.05, 3.63) is 40.4 Å². The minimum absolute atomic E-state index is 0.150. The largest absolute Gasteiger partial charge is 0.415 e. The van der Waals surface area contributed by atoms with Crippen LogP contribution in [-0.2, 0) is 0 Å². The van der Waals surface area contributed by atoms with Gasteiger partial charge in [-0.15, -0.1) is 10.5 Å². The van der Waals surface area contributed by atoms with Gasteiger partial charge in [0.1, 0.15) is 0 Å². The van der Waals surface area contributed by atoms with Gasteiger partial charge in [0.25, 0.3) is 12.2 Å². The van der Waals surface area contributed by atoms with Crippen LogP contribution in [0.3, 0.4) is 0 Å². The zero-order valence-corrected chi connectivity index (χ0v) is 9.46. The van der Waals surface area contributed by atoms with Crippen LogP contribution in [0.4, 0.5) is 5.95 Å². The van der Waals surface area contributed by atoms with Crippen LogP contribution in [0.25, 0.3) is 11.4 Å². The Morgan fingerprint density at radius 3 is 2.79 bits per heavy atom. The maximum atomic E-state index is 10.7. The molecule has 0 aliphatic carbocycles. The summed E-state index contributed by atoms with van der Waals surface area (Å²) in [6, 6.07) is 9.07. The summed E-state index contributed by atoms with van der Waals surface area (Å²) in [7, 11) is 0. The molecule has 9 heteroatoms. The molecule has 96 valence electrons. The zero-order valence-electron chi connectivity index (χ0n) is 9.46. The number of hydrogen-bond acceptors (Lipinski definition) is 7. The Kier molecular flexibility index (Phi) is 2.46. The molecule has 0 saturated carbocycles. The van der Waals surface area contributed by atoms with Gasteiger partial charge in [0.05, 0.1) is 5.10 Å². The monoisotopic (exact) mass is 260 g/mol. The van der Waals surface area contributed by atoms with Crippen molar-refractivity contribution in [2.24, 2.45) is 5.10 Å². The van der Waals surface area contributed by atoms with Crippen molar-refractivity contribution >= 4 is 11.8 Å². The van der Waals surface area contributed by atoms with Crippen LogP contribution in [0.15, 0.2) is 35.4 Å². The van der Waals surface area contributed by atoms with Crippen molar-refractivity contribution in [2.45, 2.75) is 6.23 Å². The minimum Gasteiger partial charge on any atom is -0.362 e. The highest BCUT2D eigenvalue weighted by molar-refractivity contribution is 5.79. The average molecular weight is 260 g/mol. The van der Waals surface area contributed by atoms with E-state index in [-0.39, 0.29) is 5.95 Å². The molecule has 0 spiro atoms. The SMILES string of the molecule is O=[N+]([O-])C1=NNc2nc(-c3ccccc3)nn2[C@H]1O. The molecule has 1 aliphatic heterocycles. The summed E-state index contributed by atoms with van der Waals surface area (Å²) in [4.78, 5) is 14.0. The van der Waals surface area contributed by atoms with Gasteiger partial charge in [-0.25, -0.2) is 0 Å². The van der Waals surface area contributed by atoms with Gasteiger partial charge in [-0.05, 0) is 4.92 Å². The molecule has 9 nitrogen and oxygen atoms in total. The molecule has 0 amide bonds. The first-order chi connectivity index (χ1) is 9.16. The number of fused-ring (bicyclic) bond motifs is 1. The fourth-order valence-corrected chi connectivity index (χ4v) is 1.69. The topological polar surface area (TPSA) is 118 Å². The number of aliphatic hydroxyl groups excluding tert-OH is 1. The van der Waals surface area contributed by atoms with Crippen LogP contribution < -0.4 is 5.43 Å². The van der Waals surface area contributed by atoms with Crippen LogP contribution in [0.1, 0.15) is 6.23 Å². The number of nitrogens with zero attached hydrogens (tertiary/aromatic N) is 5. The first-order valence-corrected chi connectivity index (χ1v) is 5.35. The number of benzene rings is 1. The predicted octanol–water partition coefficient (Wildman–Crippen LogP) is 0.452. The number of hydrazone groups is 1. The fraction of sp³-hybridized carbons (Fsp3) is 0.100. The van der Waals surface area contributed by atoms with Gasteiger partial charge in [0, 0.05) is 5.56 Å². The van der Waals surface area contributed by atoms with Crippen LogP contribution in [0.5, 0.6) is 0 Å². The Hall–Kier alpha value is -2.81. The molecule has 0 unspecified atom stereocenters. The molecule has 0 saturated heterocycles. The van der Waals surface area contributed by atoms with E-state index in [1.165, 1.54) is 0 Å². The number of anilines is 1. The molecule has 1 aromatic heterocycles. The van der Waals surface area contributed by atoms with Crippen molar-refractivity contribution in [3.63, 3.8) is 0 Å².